The predicted octanol–water partition coefficient (Wildman–Crippen LogP) is -0.861. The summed E-state index contributed by atoms with van der Waals surface area (Å²) >= 11 is 0. The van der Waals surface area contributed by atoms with Gasteiger partial charge in [0.2, 0.25) is 5.91 Å². The molecule has 0 atom stereocenters. The Bertz CT molecular complexity index is 170. The fourth-order valence-electron chi connectivity index (χ4n) is 0.600. The second-order valence-electron chi connectivity index (χ2n) is 2.51. The van der Waals surface area contributed by atoms with Crippen LogP contribution in [0.2, 0.25) is 0 Å². The van der Waals surface area contributed by atoms with Gasteiger partial charge in [-0.05, 0) is 0 Å². The summed E-state index contributed by atoms with van der Waals surface area (Å²) in [5.74, 6) is -0.910. The van der Waals surface area contributed by atoms with Crippen LogP contribution in [0, 0.1) is 0 Å². The van der Waals surface area contributed by atoms with Crippen molar-refractivity contribution in [1.29, 1.82) is 0 Å². The summed E-state index contributed by atoms with van der Waals surface area (Å²) in [4.78, 5) is 22.2. The van der Waals surface area contributed by atoms with Crippen LogP contribution in [0.25, 0.3) is 0 Å². The number of nitrogens with one attached hydrogen (secondary N) is 1. The smallest absolute Gasteiger partial charge is 0.317 e. The second-order valence-corrected chi connectivity index (χ2v) is 2.51. The van der Waals surface area contributed by atoms with Crippen molar-refractivity contribution < 1.29 is 14.7 Å². The van der Waals surface area contributed by atoms with Crippen LogP contribution in [-0.4, -0.2) is 48.6 Å². The van der Waals surface area contributed by atoms with Gasteiger partial charge in [-0.2, -0.15) is 0 Å². The van der Waals surface area contributed by atoms with Gasteiger partial charge in [-0.15, -0.1) is 0 Å². The molecule has 0 radical (unpaired) electrons. The molecule has 0 aromatic carbocycles. The van der Waals surface area contributed by atoms with Gasteiger partial charge in [0.15, 0.2) is 0 Å². The van der Waals surface area contributed by atoms with Crippen molar-refractivity contribution in [2.45, 2.75) is 6.92 Å². The molecular weight excluding hydrogens is 160 g/mol. The molecule has 0 aromatic rings. The Balaban J connectivity index is 3.31. The normalized spacial score (nSPS) is 9.50. The van der Waals surface area contributed by atoms with E-state index in [9.17, 15) is 9.59 Å². The summed E-state index contributed by atoms with van der Waals surface area (Å²) in [6.45, 7) is 2.44. The molecule has 0 fully saturated rings. The molecular formula is C7H14N2O3. The average molecular weight is 174 g/mol. The van der Waals surface area contributed by atoms with Gasteiger partial charge in [0.1, 0.15) is 0 Å². The number of carboxylic acid groups (broad SMARTS) is 1. The summed E-state index contributed by atoms with van der Waals surface area (Å²) in [7, 11) is 1.67. The molecule has 0 bridgehead atoms. The number of carboxylic acids is 1. The Hall–Kier alpha value is -1.10. The first-order valence-electron chi connectivity index (χ1n) is 3.68. The fourth-order valence-corrected chi connectivity index (χ4v) is 0.600. The Morgan fingerprint density at radius 3 is 2.50 bits per heavy atom. The number of aliphatic carboxylic acids is 1. The van der Waals surface area contributed by atoms with Gasteiger partial charge in [0.25, 0.3) is 0 Å². The molecule has 0 unspecified atom stereocenters. The molecule has 0 heterocycles. The molecule has 0 saturated heterocycles. The molecule has 70 valence electrons. The largest absolute Gasteiger partial charge is 0.480 e. The van der Waals surface area contributed by atoms with Crippen molar-refractivity contribution >= 4 is 11.9 Å². The van der Waals surface area contributed by atoms with Gasteiger partial charge in [-0.25, -0.2) is 0 Å². The number of likely N-dealkylation sites (N-methyl/N-ethyl adjacent to an activating group) is 1. The lowest BCUT2D eigenvalue weighted by atomic mass is 10.5. The minimum absolute atomic E-state index is 0.0212. The van der Waals surface area contributed by atoms with Crippen molar-refractivity contribution in [1.82, 2.24) is 10.2 Å². The maximum absolute atomic E-state index is 10.7. The quantitative estimate of drug-likeness (QED) is 0.532. The van der Waals surface area contributed by atoms with E-state index in [1.807, 2.05) is 0 Å². The molecule has 12 heavy (non-hydrogen) atoms. The SMILES string of the molecule is CC(=O)N(C)CCNCC(=O)O. The van der Waals surface area contributed by atoms with Crippen molar-refractivity contribution in [3.05, 3.63) is 0 Å². The predicted molar refractivity (Wildman–Crippen MR) is 43.8 cm³/mol. The van der Waals surface area contributed by atoms with E-state index in [4.69, 9.17) is 5.11 Å². The van der Waals surface area contributed by atoms with Gasteiger partial charge in [0.05, 0.1) is 6.54 Å². The van der Waals surface area contributed by atoms with E-state index in [0.717, 1.165) is 0 Å². The lowest BCUT2D eigenvalue weighted by Crippen LogP contribution is -2.34. The van der Waals surface area contributed by atoms with Crippen molar-refractivity contribution in [3.8, 4) is 0 Å². The van der Waals surface area contributed by atoms with Crippen molar-refractivity contribution in [3.63, 3.8) is 0 Å². The third-order valence-corrected chi connectivity index (χ3v) is 1.44. The first-order chi connectivity index (χ1) is 5.54. The molecule has 5 nitrogen and oxygen atoms in total. The highest BCUT2D eigenvalue weighted by Gasteiger charge is 2.00. The van der Waals surface area contributed by atoms with Crippen LogP contribution in [0.1, 0.15) is 6.92 Å². The number of rotatable bonds is 5. The number of carbonyl (C=O) groups is 2. The van der Waals surface area contributed by atoms with Gasteiger partial charge in [-0.1, -0.05) is 0 Å². The maximum atomic E-state index is 10.7. The van der Waals surface area contributed by atoms with Crippen LogP contribution in [-0.2, 0) is 9.59 Å². The van der Waals surface area contributed by atoms with E-state index in [0.29, 0.717) is 13.1 Å². The van der Waals surface area contributed by atoms with Crippen LogP contribution in [0.5, 0.6) is 0 Å². The van der Waals surface area contributed by atoms with Crippen LogP contribution >= 0.6 is 0 Å². The fraction of sp³-hybridized carbons (Fsp3) is 0.714. The zero-order valence-electron chi connectivity index (χ0n) is 7.33. The molecule has 0 saturated carbocycles. The Morgan fingerprint density at radius 2 is 2.08 bits per heavy atom. The van der Waals surface area contributed by atoms with Gasteiger partial charge in [-0.3, -0.25) is 9.59 Å². The van der Waals surface area contributed by atoms with Crippen LogP contribution in [0.3, 0.4) is 0 Å². The monoisotopic (exact) mass is 174 g/mol. The minimum atomic E-state index is -0.888. The third kappa shape index (κ3) is 5.67. The van der Waals surface area contributed by atoms with E-state index in [2.05, 4.69) is 5.32 Å². The highest BCUT2D eigenvalue weighted by Crippen LogP contribution is 1.80. The summed E-state index contributed by atoms with van der Waals surface area (Å²) < 4.78 is 0. The summed E-state index contributed by atoms with van der Waals surface area (Å²) in [5.41, 5.74) is 0. The zero-order chi connectivity index (χ0) is 9.56. The number of hydrogen-bond acceptors (Lipinski definition) is 3. The topological polar surface area (TPSA) is 69.6 Å². The Morgan fingerprint density at radius 1 is 1.50 bits per heavy atom. The molecule has 1 amide bonds. The first kappa shape index (κ1) is 10.9. The summed E-state index contributed by atoms with van der Waals surface area (Å²) in [5, 5.41) is 10.9. The molecule has 0 rings (SSSR count). The first-order valence-corrected chi connectivity index (χ1v) is 3.68. The molecule has 0 aliphatic rings. The number of hydrogen-bond donors (Lipinski definition) is 2. The molecule has 2 N–H and O–H groups in total. The van der Waals surface area contributed by atoms with Crippen LogP contribution in [0.15, 0.2) is 0 Å². The number of nitrogens with zero attached hydrogens (tertiary/aromatic N) is 1. The average Bonchev–Trinajstić information content (AvgIpc) is 1.97. The van der Waals surface area contributed by atoms with E-state index < -0.39 is 5.97 Å². The van der Waals surface area contributed by atoms with E-state index in [1.165, 1.54) is 11.8 Å². The molecule has 0 aliphatic heterocycles. The molecule has 5 heteroatoms. The van der Waals surface area contributed by atoms with Gasteiger partial charge >= 0.3 is 5.97 Å². The molecule has 0 aromatic heterocycles. The second kappa shape index (κ2) is 5.54. The van der Waals surface area contributed by atoms with Gasteiger partial charge in [0, 0.05) is 27.1 Å². The van der Waals surface area contributed by atoms with Crippen molar-refractivity contribution in [2.75, 3.05) is 26.7 Å². The lowest BCUT2D eigenvalue weighted by molar-refractivity contribution is -0.135. The Labute approximate surface area is 71.4 Å². The number of carbonyl (C=O) groups excluding carboxylic acids is 1. The third-order valence-electron chi connectivity index (χ3n) is 1.44. The highest BCUT2D eigenvalue weighted by atomic mass is 16.4. The Kier molecular flexibility index (Phi) is 5.03. The maximum Gasteiger partial charge on any atom is 0.317 e. The lowest BCUT2D eigenvalue weighted by Gasteiger charge is -2.14. The van der Waals surface area contributed by atoms with E-state index in [-0.39, 0.29) is 12.5 Å². The highest BCUT2D eigenvalue weighted by molar-refractivity contribution is 5.72. The zero-order valence-corrected chi connectivity index (χ0v) is 7.33. The minimum Gasteiger partial charge on any atom is -0.480 e. The van der Waals surface area contributed by atoms with Crippen molar-refractivity contribution in [2.24, 2.45) is 0 Å². The summed E-state index contributed by atoms with van der Waals surface area (Å²) in [6.07, 6.45) is 0. The standard InChI is InChI=1S/C7H14N2O3/c1-6(10)9(2)4-3-8-5-7(11)12/h8H,3-5H2,1-2H3,(H,11,12). The summed E-state index contributed by atoms with van der Waals surface area (Å²) in [6, 6.07) is 0. The van der Waals surface area contributed by atoms with Crippen LogP contribution in [0.4, 0.5) is 0 Å². The van der Waals surface area contributed by atoms with Crippen LogP contribution < -0.4 is 5.32 Å². The molecule has 0 spiro atoms. The van der Waals surface area contributed by atoms with E-state index in [1.54, 1.807) is 7.05 Å². The number of amides is 1. The van der Waals surface area contributed by atoms with E-state index >= 15 is 0 Å². The molecule has 0 aliphatic carbocycles. The van der Waals surface area contributed by atoms with Gasteiger partial charge < -0.3 is 15.3 Å².